The van der Waals surface area contributed by atoms with Crippen molar-refractivity contribution in [3.8, 4) is 0 Å². The number of carbonyl (C=O) groups is 1. The van der Waals surface area contributed by atoms with Crippen molar-refractivity contribution in [1.82, 2.24) is 0 Å². The van der Waals surface area contributed by atoms with Gasteiger partial charge in [-0.25, -0.2) is 4.57 Å². The van der Waals surface area contributed by atoms with Crippen molar-refractivity contribution in [2.75, 3.05) is 6.61 Å². The largest absolute Gasteiger partial charge is 0.466 e. The summed E-state index contributed by atoms with van der Waals surface area (Å²) in [6, 6.07) is 0. The molecule has 0 aliphatic heterocycles. The van der Waals surface area contributed by atoms with Crippen molar-refractivity contribution in [2.45, 2.75) is 18.3 Å². The molecule has 7 N–H and O–H groups in total. The average molecular weight is 282 g/mol. The van der Waals surface area contributed by atoms with Gasteiger partial charge in [0.15, 0.2) is 6.29 Å². The molecule has 0 aromatic heterocycles. The molecule has 0 aromatic rings. The molecule has 0 bridgehead atoms. The van der Waals surface area contributed by atoms with Crippen LogP contribution in [0.15, 0.2) is 0 Å². The Kier molecular flexibility index (Phi) is 13.5. The maximum Gasteiger partial charge on any atom is 0.466 e. The second-order valence-corrected chi connectivity index (χ2v) is 3.41. The zero-order valence-electron chi connectivity index (χ0n) is 7.91. The van der Waals surface area contributed by atoms with E-state index in [4.69, 9.17) is 39.7 Å². The fourth-order valence-electron chi connectivity index (χ4n) is 0.416. The van der Waals surface area contributed by atoms with Crippen LogP contribution in [0.4, 0.5) is 0 Å². The zero-order valence-corrected chi connectivity index (χ0v) is 9.81. The molecule has 0 spiro atoms. The van der Waals surface area contributed by atoms with Crippen molar-refractivity contribution in [3.05, 3.63) is 0 Å². The third kappa shape index (κ3) is 16.4. The van der Waals surface area contributed by atoms with Crippen molar-refractivity contribution >= 4 is 27.6 Å². The Labute approximate surface area is 97.7 Å². The molecule has 0 amide bonds. The van der Waals surface area contributed by atoms with Crippen LogP contribution in [-0.4, -0.2) is 66.3 Å². The Bertz CT molecular complexity index is 210. The van der Waals surface area contributed by atoms with Gasteiger partial charge in [-0.1, -0.05) is 0 Å². The first-order valence-electron chi connectivity index (χ1n) is 3.52. The Morgan fingerprint density at radius 1 is 1.12 bits per heavy atom. The molecule has 0 radical (unpaired) electrons. The van der Waals surface area contributed by atoms with Gasteiger partial charge in [-0.05, 0) is 0 Å². The highest BCUT2D eigenvalue weighted by Crippen LogP contribution is 2.25. The third-order valence-electron chi connectivity index (χ3n) is 1.07. The molecule has 0 saturated heterocycles. The number of rotatable bonds is 4. The molecule has 11 heteroatoms. The van der Waals surface area contributed by atoms with E-state index in [-0.39, 0.29) is 19.8 Å². The topological polar surface area (TPSA) is 176 Å². The Morgan fingerprint density at radius 3 is 1.62 bits per heavy atom. The first-order chi connectivity index (χ1) is 6.63. The monoisotopic (exact) mass is 282 g/mol. The SMILES string of the molecule is O=C[C@H](O)[C@H](O)[C@H](O)CO.O=P(O)(O)O.S. The van der Waals surface area contributed by atoms with Crippen LogP contribution in [0.2, 0.25) is 0 Å². The molecule has 0 rings (SSSR count). The molecule has 0 aromatic carbocycles. The van der Waals surface area contributed by atoms with E-state index < -0.39 is 32.7 Å². The predicted molar refractivity (Wildman–Crippen MR) is 55.8 cm³/mol. The van der Waals surface area contributed by atoms with Crippen molar-refractivity contribution < 1.29 is 44.5 Å². The van der Waals surface area contributed by atoms with Gasteiger partial charge in [-0.3, -0.25) is 0 Å². The minimum Gasteiger partial charge on any atom is -0.394 e. The molecule has 100 valence electrons. The highest BCUT2D eigenvalue weighted by atomic mass is 32.1. The zero-order chi connectivity index (χ0) is 12.6. The highest BCUT2D eigenvalue weighted by Gasteiger charge is 2.22. The summed E-state index contributed by atoms with van der Waals surface area (Å²) in [5, 5.41) is 34.1. The van der Waals surface area contributed by atoms with E-state index in [0.717, 1.165) is 0 Å². The average Bonchev–Trinajstić information content (AvgIpc) is 2.11. The van der Waals surface area contributed by atoms with Crippen LogP contribution in [0.25, 0.3) is 0 Å². The minimum atomic E-state index is -4.64. The third-order valence-corrected chi connectivity index (χ3v) is 1.07. The van der Waals surface area contributed by atoms with E-state index in [1.165, 1.54) is 0 Å². The van der Waals surface area contributed by atoms with E-state index in [0.29, 0.717) is 0 Å². The van der Waals surface area contributed by atoms with Gasteiger partial charge in [0.1, 0.15) is 18.3 Å². The molecule has 0 aliphatic rings. The Hall–Kier alpha value is -0.0300. The van der Waals surface area contributed by atoms with Gasteiger partial charge < -0.3 is 39.9 Å². The van der Waals surface area contributed by atoms with E-state index >= 15 is 0 Å². The number of aldehydes is 1. The fraction of sp³-hybridized carbons (Fsp3) is 0.800. The van der Waals surface area contributed by atoms with Crippen molar-refractivity contribution in [2.24, 2.45) is 0 Å². The van der Waals surface area contributed by atoms with E-state index in [9.17, 15) is 4.79 Å². The number of aliphatic hydroxyl groups excluding tert-OH is 4. The van der Waals surface area contributed by atoms with Gasteiger partial charge >= 0.3 is 7.82 Å². The Balaban J connectivity index is -0.000000242. The van der Waals surface area contributed by atoms with Crippen molar-refractivity contribution in [3.63, 3.8) is 0 Å². The molecule has 0 aliphatic carbocycles. The van der Waals surface area contributed by atoms with E-state index in [2.05, 4.69) is 0 Å². The summed E-state index contributed by atoms with van der Waals surface area (Å²) in [7, 11) is -4.64. The van der Waals surface area contributed by atoms with E-state index in [1.807, 2.05) is 0 Å². The molecule has 3 atom stereocenters. The van der Waals surface area contributed by atoms with Crippen LogP contribution in [0.1, 0.15) is 0 Å². The molecule has 9 nitrogen and oxygen atoms in total. The summed E-state index contributed by atoms with van der Waals surface area (Å²) >= 11 is 0. The number of phosphoric acid groups is 1. The first kappa shape index (κ1) is 21.3. The standard InChI is InChI=1S/C5H10O5.H3O4P.H2S/c6-1-3(8)5(10)4(9)2-7;1-5(2,3)4;/h1,3-5,7-10H,2H2;(H3,1,2,3,4);1H2/t3-,4+,5-;;/m0../s1. The lowest BCUT2D eigenvalue weighted by Gasteiger charge is -2.16. The maximum absolute atomic E-state index is 9.76. The lowest BCUT2D eigenvalue weighted by Crippen LogP contribution is -2.40. The number of carbonyl (C=O) groups excluding carboxylic acids is 1. The van der Waals surface area contributed by atoms with Crippen LogP contribution < -0.4 is 0 Å². The minimum absolute atomic E-state index is 0. The maximum atomic E-state index is 9.76. The highest BCUT2D eigenvalue weighted by molar-refractivity contribution is 7.59. The summed E-state index contributed by atoms with van der Waals surface area (Å²) in [5.41, 5.74) is 0. The van der Waals surface area contributed by atoms with E-state index in [1.54, 1.807) is 0 Å². The molecule has 0 fully saturated rings. The number of hydrogen-bond acceptors (Lipinski definition) is 6. The second kappa shape index (κ2) is 10.1. The normalized spacial score (nSPS) is 15.9. The summed E-state index contributed by atoms with van der Waals surface area (Å²) in [6.45, 7) is -0.688. The number of aliphatic hydroxyl groups is 4. The fourth-order valence-corrected chi connectivity index (χ4v) is 0.416. The lowest BCUT2D eigenvalue weighted by atomic mass is 10.1. The molecular formula is C5H15O9PS. The molecule has 0 unspecified atom stereocenters. The van der Waals surface area contributed by atoms with Crippen LogP contribution in [0.3, 0.4) is 0 Å². The molecular weight excluding hydrogens is 267 g/mol. The van der Waals surface area contributed by atoms with Gasteiger partial charge in [0.05, 0.1) is 6.61 Å². The lowest BCUT2D eigenvalue weighted by molar-refractivity contribution is -0.127. The molecule has 16 heavy (non-hydrogen) atoms. The van der Waals surface area contributed by atoms with Gasteiger partial charge in [0, 0.05) is 0 Å². The van der Waals surface area contributed by atoms with Gasteiger partial charge in [-0.15, -0.1) is 0 Å². The summed E-state index contributed by atoms with van der Waals surface area (Å²) < 4.78 is 8.88. The predicted octanol–water partition coefficient (Wildman–Crippen LogP) is -3.56. The summed E-state index contributed by atoms with van der Waals surface area (Å²) in [5.74, 6) is 0. The smallest absolute Gasteiger partial charge is 0.394 e. The van der Waals surface area contributed by atoms with Gasteiger partial charge in [0.25, 0.3) is 0 Å². The van der Waals surface area contributed by atoms with Crippen LogP contribution in [0.5, 0.6) is 0 Å². The van der Waals surface area contributed by atoms with Gasteiger partial charge in [0.2, 0.25) is 0 Å². The van der Waals surface area contributed by atoms with Gasteiger partial charge in [-0.2, -0.15) is 13.5 Å². The molecule has 0 saturated carbocycles. The van der Waals surface area contributed by atoms with Crippen molar-refractivity contribution in [1.29, 1.82) is 0 Å². The summed E-state index contributed by atoms with van der Waals surface area (Å²) in [4.78, 5) is 31.3. The summed E-state index contributed by atoms with van der Waals surface area (Å²) in [6.07, 6.45) is -4.63. The molecule has 0 heterocycles. The number of hydrogen-bond donors (Lipinski definition) is 7. The Morgan fingerprint density at radius 2 is 1.44 bits per heavy atom. The quantitative estimate of drug-likeness (QED) is 0.203. The van der Waals surface area contributed by atoms with Crippen LogP contribution >= 0.6 is 21.3 Å². The van der Waals surface area contributed by atoms with Crippen LogP contribution in [0, 0.1) is 0 Å². The van der Waals surface area contributed by atoms with Crippen LogP contribution in [-0.2, 0) is 9.36 Å². The second-order valence-electron chi connectivity index (χ2n) is 2.38. The first-order valence-corrected chi connectivity index (χ1v) is 5.08.